The van der Waals surface area contributed by atoms with E-state index in [9.17, 15) is 4.79 Å². The molecule has 1 heterocycles. The highest BCUT2D eigenvalue weighted by atomic mass is 16.5. The lowest BCUT2D eigenvalue weighted by Crippen LogP contribution is -2.03. The quantitative estimate of drug-likeness (QED) is 0.778. The van der Waals surface area contributed by atoms with Gasteiger partial charge in [-0.05, 0) is 25.1 Å². The summed E-state index contributed by atoms with van der Waals surface area (Å²) < 4.78 is 15.4. The molecular formula is C14H14O4. The molecule has 0 radical (unpaired) electrons. The minimum Gasteiger partial charge on any atom is -0.497 e. The van der Waals surface area contributed by atoms with Crippen molar-refractivity contribution in [2.24, 2.45) is 0 Å². The van der Waals surface area contributed by atoms with E-state index in [0.717, 1.165) is 0 Å². The van der Waals surface area contributed by atoms with E-state index in [0.29, 0.717) is 28.4 Å². The molecule has 1 aromatic heterocycles. The summed E-state index contributed by atoms with van der Waals surface area (Å²) in [6.45, 7) is 1.79. The lowest BCUT2D eigenvalue weighted by Gasteiger charge is -2.08. The number of aryl methyl sites for hydroxylation is 1. The predicted octanol–water partition coefficient (Wildman–Crippen LogP) is 2.84. The van der Waals surface area contributed by atoms with Gasteiger partial charge in [-0.15, -0.1) is 0 Å². The third kappa shape index (κ3) is 2.22. The second kappa shape index (κ2) is 4.96. The molecule has 2 aromatic rings. The van der Waals surface area contributed by atoms with E-state index < -0.39 is 0 Å². The first-order valence-electron chi connectivity index (χ1n) is 5.47. The van der Waals surface area contributed by atoms with Crippen molar-refractivity contribution < 1.29 is 18.7 Å². The van der Waals surface area contributed by atoms with Crippen LogP contribution in [0.15, 0.2) is 34.9 Å². The largest absolute Gasteiger partial charge is 0.497 e. The van der Waals surface area contributed by atoms with E-state index in [-0.39, 0.29) is 5.78 Å². The molecule has 4 nitrogen and oxygen atoms in total. The molecule has 0 atom stereocenters. The summed E-state index contributed by atoms with van der Waals surface area (Å²) >= 11 is 0. The summed E-state index contributed by atoms with van der Waals surface area (Å²) in [6.07, 6.45) is 1.45. The average Bonchev–Trinajstić information content (AvgIpc) is 2.83. The Morgan fingerprint density at radius 1 is 1.17 bits per heavy atom. The zero-order chi connectivity index (χ0) is 13.1. The molecule has 0 spiro atoms. The molecule has 0 aliphatic carbocycles. The average molecular weight is 246 g/mol. The molecule has 94 valence electrons. The number of hydrogen-bond acceptors (Lipinski definition) is 4. The first-order valence-corrected chi connectivity index (χ1v) is 5.47. The molecular weight excluding hydrogens is 232 g/mol. The van der Waals surface area contributed by atoms with Crippen LogP contribution < -0.4 is 9.47 Å². The van der Waals surface area contributed by atoms with E-state index in [1.807, 2.05) is 0 Å². The smallest absolute Gasteiger partial charge is 0.199 e. The lowest BCUT2D eigenvalue weighted by molar-refractivity contribution is 0.103. The fourth-order valence-corrected chi connectivity index (χ4v) is 1.70. The second-order valence-corrected chi connectivity index (χ2v) is 3.84. The summed E-state index contributed by atoms with van der Waals surface area (Å²) in [4.78, 5) is 12.3. The first-order chi connectivity index (χ1) is 8.65. The van der Waals surface area contributed by atoms with Crippen LogP contribution in [0.5, 0.6) is 11.5 Å². The second-order valence-electron chi connectivity index (χ2n) is 3.84. The van der Waals surface area contributed by atoms with Gasteiger partial charge < -0.3 is 13.9 Å². The summed E-state index contributed by atoms with van der Waals surface area (Å²) in [7, 11) is 3.09. The van der Waals surface area contributed by atoms with Crippen LogP contribution in [0, 0.1) is 6.92 Å². The number of benzene rings is 1. The van der Waals surface area contributed by atoms with Crippen molar-refractivity contribution in [2.45, 2.75) is 6.92 Å². The zero-order valence-electron chi connectivity index (χ0n) is 10.5. The lowest BCUT2D eigenvalue weighted by atomic mass is 10.0. The number of hydrogen-bond donors (Lipinski definition) is 0. The molecule has 2 rings (SSSR count). The molecule has 4 heteroatoms. The molecule has 0 aliphatic rings. The number of carbonyl (C=O) groups excluding carboxylic acids is 1. The number of ketones is 1. The van der Waals surface area contributed by atoms with Crippen LogP contribution in [0.3, 0.4) is 0 Å². The fraction of sp³-hybridized carbons (Fsp3) is 0.214. The number of ether oxygens (including phenoxy) is 2. The summed E-state index contributed by atoms with van der Waals surface area (Å²) in [6, 6.07) is 6.79. The number of furan rings is 1. The first kappa shape index (κ1) is 12.2. The van der Waals surface area contributed by atoms with Gasteiger partial charge in [-0.3, -0.25) is 4.79 Å². The Morgan fingerprint density at radius 3 is 2.50 bits per heavy atom. The molecule has 0 saturated carbocycles. The normalized spacial score (nSPS) is 10.2. The molecule has 0 saturated heterocycles. The minimum absolute atomic E-state index is 0.133. The monoisotopic (exact) mass is 246 g/mol. The van der Waals surface area contributed by atoms with Crippen molar-refractivity contribution in [3.05, 3.63) is 47.4 Å². The Hall–Kier alpha value is -2.23. The highest BCUT2D eigenvalue weighted by molar-refractivity contribution is 6.10. The Morgan fingerprint density at radius 2 is 1.94 bits per heavy atom. The van der Waals surface area contributed by atoms with E-state index in [1.54, 1.807) is 38.3 Å². The molecule has 0 unspecified atom stereocenters. The van der Waals surface area contributed by atoms with Crippen molar-refractivity contribution in [1.29, 1.82) is 0 Å². The minimum atomic E-state index is -0.133. The molecule has 1 aromatic carbocycles. The van der Waals surface area contributed by atoms with Crippen molar-refractivity contribution >= 4 is 5.78 Å². The van der Waals surface area contributed by atoms with E-state index in [4.69, 9.17) is 13.9 Å². The standard InChI is InChI=1S/C14H14O4/c1-9-6-10(8-18-9)14(15)12-5-4-11(16-2)7-13(12)17-3/h4-8H,1-3H3. The molecule has 0 bridgehead atoms. The van der Waals surface area contributed by atoms with Crippen LogP contribution in [-0.2, 0) is 0 Å². The summed E-state index contributed by atoms with van der Waals surface area (Å²) in [5.41, 5.74) is 0.995. The Kier molecular flexibility index (Phi) is 3.37. The summed E-state index contributed by atoms with van der Waals surface area (Å²) in [5, 5.41) is 0. The topological polar surface area (TPSA) is 48.7 Å². The molecule has 0 aliphatic heterocycles. The van der Waals surface area contributed by atoms with Gasteiger partial charge >= 0.3 is 0 Å². The van der Waals surface area contributed by atoms with E-state index in [1.165, 1.54) is 13.4 Å². The van der Waals surface area contributed by atoms with Gasteiger partial charge in [0.15, 0.2) is 5.78 Å². The van der Waals surface area contributed by atoms with Gasteiger partial charge in [-0.1, -0.05) is 0 Å². The Balaban J connectivity index is 2.41. The van der Waals surface area contributed by atoms with Gasteiger partial charge in [0.05, 0.1) is 25.3 Å². The Bertz CT molecular complexity index is 569. The van der Waals surface area contributed by atoms with Crippen molar-refractivity contribution in [3.8, 4) is 11.5 Å². The maximum absolute atomic E-state index is 12.3. The predicted molar refractivity (Wildman–Crippen MR) is 66.4 cm³/mol. The van der Waals surface area contributed by atoms with E-state index >= 15 is 0 Å². The molecule has 0 amide bonds. The number of methoxy groups -OCH3 is 2. The number of carbonyl (C=O) groups is 1. The van der Waals surface area contributed by atoms with Gasteiger partial charge in [0, 0.05) is 6.07 Å². The van der Waals surface area contributed by atoms with Crippen molar-refractivity contribution in [1.82, 2.24) is 0 Å². The zero-order valence-corrected chi connectivity index (χ0v) is 10.5. The maximum Gasteiger partial charge on any atom is 0.199 e. The van der Waals surface area contributed by atoms with Crippen LogP contribution in [0.2, 0.25) is 0 Å². The van der Waals surface area contributed by atoms with Crippen LogP contribution in [0.25, 0.3) is 0 Å². The molecule has 0 fully saturated rings. The number of rotatable bonds is 4. The highest BCUT2D eigenvalue weighted by Gasteiger charge is 2.16. The van der Waals surface area contributed by atoms with Gasteiger partial charge in [-0.2, -0.15) is 0 Å². The third-order valence-corrected chi connectivity index (χ3v) is 2.65. The van der Waals surface area contributed by atoms with Gasteiger partial charge in [0.1, 0.15) is 23.5 Å². The third-order valence-electron chi connectivity index (χ3n) is 2.65. The van der Waals surface area contributed by atoms with Crippen LogP contribution >= 0.6 is 0 Å². The van der Waals surface area contributed by atoms with Crippen molar-refractivity contribution in [3.63, 3.8) is 0 Å². The Labute approximate surface area is 105 Å². The van der Waals surface area contributed by atoms with Gasteiger partial charge in [0.2, 0.25) is 0 Å². The summed E-state index contributed by atoms with van der Waals surface area (Å²) in [5.74, 6) is 1.70. The fourth-order valence-electron chi connectivity index (χ4n) is 1.70. The van der Waals surface area contributed by atoms with Crippen LogP contribution in [-0.4, -0.2) is 20.0 Å². The van der Waals surface area contributed by atoms with Crippen molar-refractivity contribution in [2.75, 3.05) is 14.2 Å². The van der Waals surface area contributed by atoms with Crippen LogP contribution in [0.1, 0.15) is 21.7 Å². The van der Waals surface area contributed by atoms with E-state index in [2.05, 4.69) is 0 Å². The maximum atomic E-state index is 12.3. The SMILES string of the molecule is COc1ccc(C(=O)c2coc(C)c2)c(OC)c1. The highest BCUT2D eigenvalue weighted by Crippen LogP contribution is 2.27. The van der Waals surface area contributed by atoms with Gasteiger partial charge in [0.25, 0.3) is 0 Å². The molecule has 18 heavy (non-hydrogen) atoms. The van der Waals surface area contributed by atoms with Gasteiger partial charge in [-0.25, -0.2) is 0 Å². The van der Waals surface area contributed by atoms with Crippen LogP contribution in [0.4, 0.5) is 0 Å². The molecule has 0 N–H and O–H groups in total.